The molecule has 1 atom stereocenters. The molecular formula is C19H19ClN2O5S. The fraction of sp³-hybridized carbons (Fsp3) is 0.263. The topological polar surface area (TPSA) is 95.0 Å². The Balaban J connectivity index is 2.17. The molecule has 7 nitrogen and oxygen atoms in total. The van der Waals surface area contributed by atoms with Crippen LogP contribution in [-0.2, 0) is 14.6 Å². The summed E-state index contributed by atoms with van der Waals surface area (Å²) in [6.07, 6.45) is -0.00662. The molecule has 0 aromatic heterocycles. The molecule has 0 saturated carbocycles. The van der Waals surface area contributed by atoms with Crippen LogP contribution in [0.1, 0.15) is 13.8 Å². The second-order valence-corrected chi connectivity index (χ2v) is 9.17. The van der Waals surface area contributed by atoms with E-state index in [2.05, 4.69) is 0 Å². The number of benzene rings is 2. The SMILES string of the molecule is CC(=O)N1c2cc(Cl)c(-c3ccc(S(C)(=O)=O)cc3)cc2N(C(=O)O)CC1C. The summed E-state index contributed by atoms with van der Waals surface area (Å²) in [5.41, 5.74) is 1.96. The fourth-order valence-corrected chi connectivity index (χ4v) is 4.30. The monoisotopic (exact) mass is 422 g/mol. The number of sulfone groups is 1. The van der Waals surface area contributed by atoms with Crippen LogP contribution in [-0.4, -0.2) is 44.4 Å². The highest BCUT2D eigenvalue weighted by molar-refractivity contribution is 7.90. The first-order valence-electron chi connectivity index (χ1n) is 8.45. The predicted octanol–water partition coefficient (Wildman–Crippen LogP) is 3.65. The molecule has 1 unspecified atom stereocenters. The van der Waals surface area contributed by atoms with Crippen LogP contribution in [0, 0.1) is 0 Å². The van der Waals surface area contributed by atoms with Gasteiger partial charge in [0, 0.05) is 25.3 Å². The van der Waals surface area contributed by atoms with Gasteiger partial charge in [-0.1, -0.05) is 23.7 Å². The molecule has 0 spiro atoms. The summed E-state index contributed by atoms with van der Waals surface area (Å²) >= 11 is 6.45. The molecule has 9 heteroatoms. The summed E-state index contributed by atoms with van der Waals surface area (Å²) < 4.78 is 23.3. The second-order valence-electron chi connectivity index (χ2n) is 6.75. The Kier molecular flexibility index (Phi) is 5.12. The minimum Gasteiger partial charge on any atom is -0.465 e. The number of rotatable bonds is 2. The van der Waals surface area contributed by atoms with Gasteiger partial charge in [-0.25, -0.2) is 13.2 Å². The van der Waals surface area contributed by atoms with E-state index in [1.165, 1.54) is 28.9 Å². The molecular weight excluding hydrogens is 404 g/mol. The van der Waals surface area contributed by atoms with E-state index in [4.69, 9.17) is 11.6 Å². The largest absolute Gasteiger partial charge is 0.465 e. The fourth-order valence-electron chi connectivity index (χ4n) is 3.41. The summed E-state index contributed by atoms with van der Waals surface area (Å²) in [7, 11) is -3.33. The average molecular weight is 423 g/mol. The standard InChI is InChI=1S/C19H19ClN2O5S/c1-11-10-21(19(24)25)17-8-15(16(20)9-18(17)22(11)12(2)23)13-4-6-14(7-5-13)28(3,26)27/h4-9,11H,10H2,1-3H3,(H,24,25). The maximum Gasteiger partial charge on any atom is 0.411 e. The number of hydrogen-bond donors (Lipinski definition) is 1. The minimum atomic E-state index is -3.33. The smallest absolute Gasteiger partial charge is 0.411 e. The summed E-state index contributed by atoms with van der Waals surface area (Å²) in [5, 5.41) is 9.94. The zero-order valence-electron chi connectivity index (χ0n) is 15.5. The summed E-state index contributed by atoms with van der Waals surface area (Å²) in [4.78, 5) is 26.7. The van der Waals surface area contributed by atoms with Gasteiger partial charge in [0.1, 0.15) is 0 Å². The van der Waals surface area contributed by atoms with Crippen molar-refractivity contribution in [1.82, 2.24) is 0 Å². The van der Waals surface area contributed by atoms with E-state index in [1.807, 2.05) is 0 Å². The molecule has 0 saturated heterocycles. The van der Waals surface area contributed by atoms with Crippen molar-refractivity contribution in [3.05, 3.63) is 41.4 Å². The van der Waals surface area contributed by atoms with Gasteiger partial charge in [-0.3, -0.25) is 9.69 Å². The van der Waals surface area contributed by atoms with Crippen LogP contribution in [0.15, 0.2) is 41.3 Å². The maximum absolute atomic E-state index is 12.1. The average Bonchev–Trinajstić information content (AvgIpc) is 2.59. The lowest BCUT2D eigenvalue weighted by Gasteiger charge is -2.40. The Bertz CT molecular complexity index is 1070. The lowest BCUT2D eigenvalue weighted by molar-refractivity contribution is -0.117. The van der Waals surface area contributed by atoms with Gasteiger partial charge >= 0.3 is 6.09 Å². The molecule has 1 aliphatic rings. The zero-order valence-corrected chi connectivity index (χ0v) is 17.1. The molecule has 3 rings (SSSR count). The molecule has 1 N–H and O–H groups in total. The Morgan fingerprint density at radius 2 is 1.75 bits per heavy atom. The van der Waals surface area contributed by atoms with Crippen LogP contribution in [0.3, 0.4) is 0 Å². The van der Waals surface area contributed by atoms with Crippen molar-refractivity contribution in [2.45, 2.75) is 24.8 Å². The van der Waals surface area contributed by atoms with Gasteiger partial charge in [-0.2, -0.15) is 0 Å². The lowest BCUT2D eigenvalue weighted by atomic mass is 10.0. The highest BCUT2D eigenvalue weighted by atomic mass is 35.5. The van der Waals surface area contributed by atoms with Crippen LogP contribution in [0.4, 0.5) is 16.2 Å². The van der Waals surface area contributed by atoms with Gasteiger partial charge in [0.25, 0.3) is 0 Å². The third kappa shape index (κ3) is 3.57. The third-order valence-corrected chi connectivity index (χ3v) is 6.11. The molecule has 2 aromatic rings. The van der Waals surface area contributed by atoms with Crippen LogP contribution in [0.5, 0.6) is 0 Å². The van der Waals surface area contributed by atoms with E-state index in [0.717, 1.165) is 6.26 Å². The Morgan fingerprint density at radius 3 is 2.25 bits per heavy atom. The highest BCUT2D eigenvalue weighted by Crippen LogP contribution is 2.42. The van der Waals surface area contributed by atoms with Crippen molar-refractivity contribution >= 4 is 44.8 Å². The molecule has 0 radical (unpaired) electrons. The van der Waals surface area contributed by atoms with E-state index in [-0.39, 0.29) is 23.4 Å². The number of hydrogen-bond acceptors (Lipinski definition) is 4. The van der Waals surface area contributed by atoms with Crippen LogP contribution in [0.25, 0.3) is 11.1 Å². The first kappa shape index (κ1) is 20.2. The van der Waals surface area contributed by atoms with Crippen molar-refractivity contribution in [3.63, 3.8) is 0 Å². The molecule has 2 aromatic carbocycles. The summed E-state index contributed by atoms with van der Waals surface area (Å²) in [5.74, 6) is -0.208. The van der Waals surface area contributed by atoms with Crippen molar-refractivity contribution < 1.29 is 23.1 Å². The molecule has 148 valence electrons. The van der Waals surface area contributed by atoms with Crippen molar-refractivity contribution in [1.29, 1.82) is 0 Å². The van der Waals surface area contributed by atoms with Crippen molar-refractivity contribution in [3.8, 4) is 11.1 Å². The number of carboxylic acid groups (broad SMARTS) is 1. The van der Waals surface area contributed by atoms with Gasteiger partial charge < -0.3 is 10.0 Å². The molecule has 2 amide bonds. The van der Waals surface area contributed by atoms with E-state index < -0.39 is 15.9 Å². The summed E-state index contributed by atoms with van der Waals surface area (Å²) in [6, 6.07) is 9.02. The maximum atomic E-state index is 12.1. The van der Waals surface area contributed by atoms with Crippen molar-refractivity contribution in [2.24, 2.45) is 0 Å². The van der Waals surface area contributed by atoms with Gasteiger partial charge in [0.15, 0.2) is 9.84 Å². The Labute approximate surface area is 168 Å². The molecule has 0 fully saturated rings. The van der Waals surface area contributed by atoms with E-state index >= 15 is 0 Å². The second kappa shape index (κ2) is 7.10. The minimum absolute atomic E-state index is 0.135. The number of nitrogens with zero attached hydrogens (tertiary/aromatic N) is 2. The highest BCUT2D eigenvalue weighted by Gasteiger charge is 2.34. The number of amides is 2. The van der Waals surface area contributed by atoms with Gasteiger partial charge in [-0.15, -0.1) is 0 Å². The number of halogens is 1. The van der Waals surface area contributed by atoms with Crippen LogP contribution in [0.2, 0.25) is 5.02 Å². The number of anilines is 2. The zero-order chi connectivity index (χ0) is 20.8. The normalized spacial score (nSPS) is 16.6. The van der Waals surface area contributed by atoms with E-state index in [9.17, 15) is 23.1 Å². The molecule has 0 aliphatic carbocycles. The van der Waals surface area contributed by atoms with E-state index in [0.29, 0.717) is 27.5 Å². The number of fused-ring (bicyclic) bond motifs is 1. The van der Waals surface area contributed by atoms with Gasteiger partial charge in [0.2, 0.25) is 5.91 Å². The van der Waals surface area contributed by atoms with Crippen LogP contribution < -0.4 is 9.80 Å². The Hall–Kier alpha value is -2.58. The molecule has 1 heterocycles. The first-order valence-corrected chi connectivity index (χ1v) is 10.7. The van der Waals surface area contributed by atoms with E-state index in [1.54, 1.807) is 31.2 Å². The predicted molar refractivity (Wildman–Crippen MR) is 108 cm³/mol. The summed E-state index contributed by atoms with van der Waals surface area (Å²) in [6.45, 7) is 3.32. The van der Waals surface area contributed by atoms with Gasteiger partial charge in [0.05, 0.1) is 27.3 Å². The Morgan fingerprint density at radius 1 is 1.14 bits per heavy atom. The first-order chi connectivity index (χ1) is 13.0. The van der Waals surface area contributed by atoms with Crippen molar-refractivity contribution in [2.75, 3.05) is 22.6 Å². The van der Waals surface area contributed by atoms with Crippen LogP contribution >= 0.6 is 11.6 Å². The molecule has 28 heavy (non-hydrogen) atoms. The van der Waals surface area contributed by atoms with Gasteiger partial charge in [-0.05, 0) is 36.8 Å². The molecule has 0 bridgehead atoms. The number of carbonyl (C=O) groups is 2. The quantitative estimate of drug-likeness (QED) is 0.797. The molecule has 1 aliphatic heterocycles. The number of carbonyl (C=O) groups excluding carboxylic acids is 1. The lowest BCUT2D eigenvalue weighted by Crippen LogP contribution is -2.51. The third-order valence-electron chi connectivity index (χ3n) is 4.67.